The molecule has 0 bridgehead atoms. The van der Waals surface area contributed by atoms with Crippen LogP contribution in [0.2, 0.25) is 0 Å². The highest BCUT2D eigenvalue weighted by Crippen LogP contribution is 2.21. The second kappa shape index (κ2) is 9.73. The van der Waals surface area contributed by atoms with E-state index in [9.17, 15) is 19.5 Å². The molecule has 0 heterocycles. The Morgan fingerprint density at radius 1 is 1.00 bits per heavy atom. The second-order valence-electron chi connectivity index (χ2n) is 7.31. The number of carboxylic acids is 1. The number of amides is 3. The highest BCUT2D eigenvalue weighted by molar-refractivity contribution is 5.99. The van der Waals surface area contributed by atoms with Crippen molar-refractivity contribution in [2.75, 3.05) is 5.32 Å². The Hall–Kier alpha value is -3.35. The molecule has 0 aromatic heterocycles. The molecule has 4 N–H and O–H groups in total. The predicted molar refractivity (Wildman–Crippen MR) is 112 cm³/mol. The van der Waals surface area contributed by atoms with E-state index in [0.29, 0.717) is 17.8 Å². The largest absolute Gasteiger partial charge is 0.478 e. The molecule has 0 aliphatic carbocycles. The van der Waals surface area contributed by atoms with Crippen molar-refractivity contribution in [2.45, 2.75) is 40.3 Å². The van der Waals surface area contributed by atoms with E-state index in [4.69, 9.17) is 0 Å². The first-order valence-electron chi connectivity index (χ1n) is 9.42. The fraction of sp³-hybridized carbons (Fsp3) is 0.318. The van der Waals surface area contributed by atoms with Crippen molar-refractivity contribution in [3.63, 3.8) is 0 Å². The molecule has 2 rings (SSSR count). The van der Waals surface area contributed by atoms with Gasteiger partial charge in [0.15, 0.2) is 0 Å². The van der Waals surface area contributed by atoms with E-state index in [1.165, 1.54) is 6.07 Å². The molecule has 0 fully saturated rings. The standard InChI is InChI=1S/C22H27N3O4/c1-13(2)19(25-22(29)23-12-16-8-6-5-7-9-16)20(26)24-18-11-17(21(27)28)14(3)10-15(18)4/h5-11,13,19H,12H2,1-4H3,(H,24,26)(H,27,28)(H2,23,25,29). The number of hydrogen-bond acceptors (Lipinski definition) is 3. The maximum absolute atomic E-state index is 12.8. The molecule has 7 nitrogen and oxygen atoms in total. The minimum absolute atomic E-state index is 0.126. The summed E-state index contributed by atoms with van der Waals surface area (Å²) in [4.78, 5) is 36.4. The molecule has 0 aliphatic heterocycles. The zero-order valence-electron chi connectivity index (χ0n) is 17.1. The first-order valence-corrected chi connectivity index (χ1v) is 9.42. The average Bonchev–Trinajstić information content (AvgIpc) is 2.66. The Morgan fingerprint density at radius 2 is 1.66 bits per heavy atom. The van der Waals surface area contributed by atoms with E-state index in [-0.39, 0.29) is 11.5 Å². The molecular formula is C22H27N3O4. The Kier molecular flexibility index (Phi) is 7.36. The smallest absolute Gasteiger partial charge is 0.336 e. The Labute approximate surface area is 170 Å². The molecular weight excluding hydrogens is 370 g/mol. The van der Waals surface area contributed by atoms with E-state index in [1.807, 2.05) is 44.2 Å². The molecule has 0 radical (unpaired) electrons. The lowest BCUT2D eigenvalue weighted by Gasteiger charge is -2.23. The van der Waals surface area contributed by atoms with Crippen LogP contribution in [0.1, 0.15) is 40.9 Å². The zero-order chi connectivity index (χ0) is 21.6. The lowest BCUT2D eigenvalue weighted by Crippen LogP contribution is -2.50. The molecule has 1 atom stereocenters. The third-order valence-corrected chi connectivity index (χ3v) is 4.59. The molecule has 0 spiro atoms. The van der Waals surface area contributed by atoms with Crippen molar-refractivity contribution in [3.05, 3.63) is 64.7 Å². The van der Waals surface area contributed by atoms with Gasteiger partial charge in [-0.3, -0.25) is 4.79 Å². The number of urea groups is 1. The molecule has 0 saturated heterocycles. The van der Waals surface area contributed by atoms with Crippen LogP contribution < -0.4 is 16.0 Å². The number of anilines is 1. The van der Waals surface area contributed by atoms with E-state index < -0.39 is 23.9 Å². The fourth-order valence-corrected chi connectivity index (χ4v) is 2.93. The van der Waals surface area contributed by atoms with Gasteiger partial charge in [0.05, 0.1) is 5.56 Å². The van der Waals surface area contributed by atoms with Gasteiger partial charge in [0.25, 0.3) is 0 Å². The van der Waals surface area contributed by atoms with Crippen LogP contribution in [0.3, 0.4) is 0 Å². The SMILES string of the molecule is Cc1cc(C)c(C(=O)O)cc1NC(=O)C(NC(=O)NCc1ccccc1)C(C)C. The number of carbonyl (C=O) groups is 3. The van der Waals surface area contributed by atoms with Crippen LogP contribution in [0.15, 0.2) is 42.5 Å². The normalized spacial score (nSPS) is 11.6. The first-order chi connectivity index (χ1) is 13.7. The molecule has 3 amide bonds. The highest BCUT2D eigenvalue weighted by atomic mass is 16.4. The maximum Gasteiger partial charge on any atom is 0.336 e. The summed E-state index contributed by atoms with van der Waals surface area (Å²) in [5.41, 5.74) is 2.85. The topological polar surface area (TPSA) is 108 Å². The van der Waals surface area contributed by atoms with Gasteiger partial charge in [-0.25, -0.2) is 9.59 Å². The van der Waals surface area contributed by atoms with Gasteiger partial charge in [-0.05, 0) is 42.5 Å². The number of carbonyl (C=O) groups excluding carboxylic acids is 2. The van der Waals surface area contributed by atoms with Crippen molar-refractivity contribution < 1.29 is 19.5 Å². The maximum atomic E-state index is 12.8. The van der Waals surface area contributed by atoms with Crippen LogP contribution in [0.5, 0.6) is 0 Å². The molecule has 1 unspecified atom stereocenters. The van der Waals surface area contributed by atoms with Crippen LogP contribution in [0, 0.1) is 19.8 Å². The van der Waals surface area contributed by atoms with E-state index in [2.05, 4.69) is 16.0 Å². The molecule has 154 valence electrons. The van der Waals surface area contributed by atoms with Gasteiger partial charge in [-0.2, -0.15) is 0 Å². The number of nitrogens with one attached hydrogen (secondary N) is 3. The Balaban J connectivity index is 2.07. The van der Waals surface area contributed by atoms with Crippen LogP contribution in [0.25, 0.3) is 0 Å². The minimum Gasteiger partial charge on any atom is -0.478 e. The quantitative estimate of drug-likeness (QED) is 0.574. The minimum atomic E-state index is -1.06. The van der Waals surface area contributed by atoms with Gasteiger partial charge in [-0.15, -0.1) is 0 Å². The molecule has 2 aromatic rings. The van der Waals surface area contributed by atoms with Crippen molar-refractivity contribution in [3.8, 4) is 0 Å². The van der Waals surface area contributed by atoms with Gasteiger partial charge >= 0.3 is 12.0 Å². The Bertz CT molecular complexity index is 894. The lowest BCUT2D eigenvalue weighted by molar-refractivity contribution is -0.118. The van der Waals surface area contributed by atoms with Gasteiger partial charge in [0, 0.05) is 12.2 Å². The summed E-state index contributed by atoms with van der Waals surface area (Å²) in [5.74, 6) is -1.63. The monoisotopic (exact) mass is 397 g/mol. The number of carboxylic acid groups (broad SMARTS) is 1. The van der Waals surface area contributed by atoms with Gasteiger partial charge in [0.1, 0.15) is 6.04 Å². The lowest BCUT2D eigenvalue weighted by atomic mass is 10.0. The number of hydrogen-bond donors (Lipinski definition) is 4. The van der Waals surface area contributed by atoms with E-state index in [0.717, 1.165) is 11.1 Å². The summed E-state index contributed by atoms with van der Waals surface area (Å²) in [6.45, 7) is 7.49. The molecule has 2 aromatic carbocycles. The fourth-order valence-electron chi connectivity index (χ4n) is 2.93. The van der Waals surface area contributed by atoms with Gasteiger partial charge in [0.2, 0.25) is 5.91 Å². The highest BCUT2D eigenvalue weighted by Gasteiger charge is 2.25. The molecule has 7 heteroatoms. The summed E-state index contributed by atoms with van der Waals surface area (Å²) < 4.78 is 0. The first kappa shape index (κ1) is 21.9. The van der Waals surface area contributed by atoms with Crippen molar-refractivity contribution in [2.24, 2.45) is 5.92 Å². The molecule has 0 saturated carbocycles. The van der Waals surface area contributed by atoms with Crippen LogP contribution in [-0.2, 0) is 11.3 Å². The second-order valence-corrected chi connectivity index (χ2v) is 7.31. The average molecular weight is 397 g/mol. The van der Waals surface area contributed by atoms with Crippen LogP contribution in [0.4, 0.5) is 10.5 Å². The summed E-state index contributed by atoms with van der Waals surface area (Å²) >= 11 is 0. The number of aromatic carboxylic acids is 1. The molecule has 29 heavy (non-hydrogen) atoms. The number of benzene rings is 2. The van der Waals surface area contributed by atoms with Gasteiger partial charge < -0.3 is 21.1 Å². The summed E-state index contributed by atoms with van der Waals surface area (Å²) in [6.07, 6.45) is 0. The predicted octanol–water partition coefficient (Wildman–Crippen LogP) is 3.46. The zero-order valence-corrected chi connectivity index (χ0v) is 17.1. The summed E-state index contributed by atoms with van der Waals surface area (Å²) in [5, 5.41) is 17.5. The molecule has 0 aliphatic rings. The van der Waals surface area contributed by atoms with Crippen LogP contribution >= 0.6 is 0 Å². The summed E-state index contributed by atoms with van der Waals surface area (Å²) in [7, 11) is 0. The van der Waals surface area contributed by atoms with E-state index in [1.54, 1.807) is 19.9 Å². The van der Waals surface area contributed by atoms with Gasteiger partial charge in [-0.1, -0.05) is 50.2 Å². The number of rotatable bonds is 7. The Morgan fingerprint density at radius 3 is 2.24 bits per heavy atom. The third-order valence-electron chi connectivity index (χ3n) is 4.59. The van der Waals surface area contributed by atoms with Crippen molar-refractivity contribution >= 4 is 23.6 Å². The number of aryl methyl sites for hydroxylation is 2. The van der Waals surface area contributed by atoms with E-state index >= 15 is 0 Å². The van der Waals surface area contributed by atoms with Crippen molar-refractivity contribution in [1.29, 1.82) is 0 Å². The van der Waals surface area contributed by atoms with Crippen molar-refractivity contribution in [1.82, 2.24) is 10.6 Å². The van der Waals surface area contributed by atoms with Crippen LogP contribution in [-0.4, -0.2) is 29.1 Å². The third kappa shape index (κ3) is 6.07. The summed E-state index contributed by atoms with van der Waals surface area (Å²) in [6, 6.07) is 11.4.